The number of hydrogen-bond donors (Lipinski definition) is 1. The lowest BCUT2D eigenvalue weighted by atomic mass is 10.0. The highest BCUT2D eigenvalue weighted by Gasteiger charge is 2.38. The number of rotatable bonds is 7. The molecular weight excluding hydrogens is 417 g/mol. The van der Waals surface area contributed by atoms with Gasteiger partial charge in [0, 0.05) is 31.6 Å². The Balaban J connectivity index is 2.33. The predicted octanol–water partition coefficient (Wildman–Crippen LogP) is 4.92. The first-order chi connectivity index (χ1) is 14.2. The Hall–Kier alpha value is -2.62. The van der Waals surface area contributed by atoms with E-state index in [4.69, 9.17) is 4.74 Å². The van der Waals surface area contributed by atoms with Crippen LogP contribution in [0.5, 0.6) is 5.75 Å². The van der Waals surface area contributed by atoms with Crippen molar-refractivity contribution in [2.75, 3.05) is 18.1 Å². The highest BCUT2D eigenvalue weighted by Crippen LogP contribution is 2.41. The van der Waals surface area contributed by atoms with E-state index in [1.165, 1.54) is 28.3 Å². The van der Waals surface area contributed by atoms with Crippen molar-refractivity contribution in [3.05, 3.63) is 40.4 Å². The van der Waals surface area contributed by atoms with Gasteiger partial charge in [0.05, 0.1) is 23.7 Å². The van der Waals surface area contributed by atoms with E-state index in [9.17, 15) is 18.0 Å². The van der Waals surface area contributed by atoms with Gasteiger partial charge >= 0.3 is 6.18 Å². The number of hydrogen-bond acceptors (Lipinski definition) is 5. The normalized spacial score (nSPS) is 11.8. The topological polar surface area (TPSA) is 61.1 Å². The summed E-state index contributed by atoms with van der Waals surface area (Å²) in [5.74, 6) is 0.157. The van der Waals surface area contributed by atoms with E-state index >= 15 is 0 Å². The fourth-order valence-electron chi connectivity index (χ4n) is 3.32. The maximum Gasteiger partial charge on any atom is 0.435 e. The molecule has 0 aliphatic heterocycles. The molecule has 1 aromatic carbocycles. The van der Waals surface area contributed by atoms with Crippen molar-refractivity contribution >= 4 is 28.5 Å². The van der Waals surface area contributed by atoms with Gasteiger partial charge in [-0.3, -0.25) is 9.48 Å². The van der Waals surface area contributed by atoms with Crippen molar-refractivity contribution in [2.24, 2.45) is 7.05 Å². The molecule has 30 heavy (non-hydrogen) atoms. The fourth-order valence-corrected chi connectivity index (χ4v) is 3.70. The second kappa shape index (κ2) is 8.63. The lowest BCUT2D eigenvalue weighted by molar-refractivity contribution is -0.140. The quantitative estimate of drug-likeness (QED) is 0.529. The van der Waals surface area contributed by atoms with E-state index in [0.717, 1.165) is 6.42 Å². The van der Waals surface area contributed by atoms with Crippen molar-refractivity contribution in [3.63, 3.8) is 0 Å². The molecule has 6 nitrogen and oxygen atoms in total. The summed E-state index contributed by atoms with van der Waals surface area (Å²) in [6.45, 7) is 2.35. The second-order valence-corrected chi connectivity index (χ2v) is 7.47. The molecule has 1 N–H and O–H groups in total. The zero-order valence-corrected chi connectivity index (χ0v) is 17.9. The third-order valence-electron chi connectivity index (χ3n) is 4.76. The van der Waals surface area contributed by atoms with Crippen molar-refractivity contribution < 1.29 is 17.9 Å². The van der Waals surface area contributed by atoms with E-state index in [2.05, 4.69) is 9.82 Å². The van der Waals surface area contributed by atoms with Crippen LogP contribution < -0.4 is 15.0 Å². The van der Waals surface area contributed by atoms with E-state index in [1.807, 2.05) is 6.92 Å². The summed E-state index contributed by atoms with van der Waals surface area (Å²) < 4.78 is 52.1. The fraction of sp³-hybridized carbons (Fsp3) is 0.400. The Morgan fingerprint density at radius 2 is 1.97 bits per heavy atom. The molecule has 3 rings (SSSR count). The zero-order chi connectivity index (χ0) is 22.1. The summed E-state index contributed by atoms with van der Waals surface area (Å²) in [5.41, 5.74) is 0.804. The number of pyridine rings is 1. The number of nitrogens with one attached hydrogen (secondary N) is 1. The monoisotopic (exact) mass is 440 g/mol. The zero-order valence-electron chi connectivity index (χ0n) is 17.1. The Morgan fingerprint density at radius 1 is 1.23 bits per heavy atom. The number of benzene rings is 1. The lowest BCUT2D eigenvalue weighted by Gasteiger charge is -2.13. The van der Waals surface area contributed by atoms with E-state index in [-0.39, 0.29) is 16.7 Å². The van der Waals surface area contributed by atoms with Crippen LogP contribution in [-0.4, -0.2) is 27.7 Å². The van der Waals surface area contributed by atoms with Crippen LogP contribution in [0.2, 0.25) is 0 Å². The summed E-state index contributed by atoms with van der Waals surface area (Å²) in [4.78, 5) is 12.1. The van der Waals surface area contributed by atoms with Crippen LogP contribution in [0.1, 0.15) is 25.5 Å². The minimum absolute atomic E-state index is 0.0356. The van der Waals surface area contributed by atoms with Crippen LogP contribution >= 0.6 is 11.9 Å². The molecule has 162 valence electrons. The van der Waals surface area contributed by atoms with Gasteiger partial charge in [0.1, 0.15) is 0 Å². The molecule has 0 saturated carbocycles. The van der Waals surface area contributed by atoms with Gasteiger partial charge in [-0.25, -0.2) is 0 Å². The molecule has 0 spiro atoms. The van der Waals surface area contributed by atoms with Gasteiger partial charge < -0.3 is 14.0 Å². The standard InChI is InChI=1S/C20H23F3N4O2S/c1-5-6-7-27-15-9-12(13-10-16(29-3)19(28)26(2)11-13)8-14(25-30-4)17(15)18(24-27)20(21,22)23/h8-11,25H,5-7H2,1-4H3. The Bertz CT molecular complexity index is 1120. The largest absolute Gasteiger partial charge is 0.491 e. The van der Waals surface area contributed by atoms with Crippen molar-refractivity contribution in [2.45, 2.75) is 32.5 Å². The second-order valence-electron chi connectivity index (χ2n) is 6.86. The van der Waals surface area contributed by atoms with Crippen molar-refractivity contribution in [3.8, 4) is 16.9 Å². The molecule has 0 radical (unpaired) electrons. The maximum absolute atomic E-state index is 13.7. The Morgan fingerprint density at radius 3 is 2.57 bits per heavy atom. The minimum Gasteiger partial charge on any atom is -0.491 e. The molecule has 0 amide bonds. The van der Waals surface area contributed by atoms with Gasteiger partial charge in [-0.2, -0.15) is 18.3 Å². The lowest BCUT2D eigenvalue weighted by Crippen LogP contribution is -2.17. The minimum atomic E-state index is -4.58. The van der Waals surface area contributed by atoms with Crippen LogP contribution in [0.4, 0.5) is 18.9 Å². The van der Waals surface area contributed by atoms with Gasteiger partial charge in [0.15, 0.2) is 11.4 Å². The average molecular weight is 440 g/mol. The molecule has 0 bridgehead atoms. The molecule has 3 aromatic rings. The third kappa shape index (κ3) is 4.14. The molecule has 2 heterocycles. The Kier molecular flexibility index (Phi) is 6.35. The Labute approximate surface area is 176 Å². The molecule has 0 aliphatic carbocycles. The third-order valence-corrected chi connectivity index (χ3v) is 5.18. The van der Waals surface area contributed by atoms with E-state index in [1.54, 1.807) is 37.7 Å². The average Bonchev–Trinajstić information content (AvgIpc) is 3.08. The molecule has 0 unspecified atom stereocenters. The van der Waals surface area contributed by atoms with Gasteiger partial charge in [-0.05, 0) is 30.2 Å². The van der Waals surface area contributed by atoms with Crippen LogP contribution in [0, 0.1) is 0 Å². The first-order valence-corrected chi connectivity index (χ1v) is 10.6. The number of ether oxygens (including phenoxy) is 1. The number of fused-ring (bicyclic) bond motifs is 1. The molecule has 0 atom stereocenters. The molecular formula is C20H23F3N4O2S. The van der Waals surface area contributed by atoms with Gasteiger partial charge in [-0.1, -0.05) is 25.3 Å². The van der Waals surface area contributed by atoms with Crippen molar-refractivity contribution in [1.82, 2.24) is 14.3 Å². The van der Waals surface area contributed by atoms with E-state index < -0.39 is 11.9 Å². The molecule has 10 heteroatoms. The summed E-state index contributed by atoms with van der Waals surface area (Å²) >= 11 is 1.20. The number of methoxy groups -OCH3 is 1. The summed E-state index contributed by atoms with van der Waals surface area (Å²) in [6.07, 6.45) is 0.328. The van der Waals surface area contributed by atoms with Crippen LogP contribution in [0.15, 0.2) is 29.2 Å². The van der Waals surface area contributed by atoms with E-state index in [0.29, 0.717) is 35.3 Å². The highest BCUT2D eigenvalue weighted by molar-refractivity contribution is 7.99. The van der Waals surface area contributed by atoms with Gasteiger partial charge in [0.25, 0.3) is 5.56 Å². The number of halogens is 3. The summed E-state index contributed by atoms with van der Waals surface area (Å²) in [6, 6.07) is 4.90. The summed E-state index contributed by atoms with van der Waals surface area (Å²) in [7, 11) is 3.00. The number of alkyl halides is 3. The van der Waals surface area contributed by atoms with Crippen LogP contribution in [-0.2, 0) is 19.8 Å². The first-order valence-electron chi connectivity index (χ1n) is 9.37. The molecule has 2 aromatic heterocycles. The highest BCUT2D eigenvalue weighted by atomic mass is 32.2. The maximum atomic E-state index is 13.7. The molecule has 0 fully saturated rings. The number of nitrogens with zero attached hydrogens (tertiary/aromatic N) is 3. The van der Waals surface area contributed by atoms with Gasteiger partial charge in [0.2, 0.25) is 0 Å². The number of aromatic nitrogens is 3. The van der Waals surface area contributed by atoms with Crippen molar-refractivity contribution in [1.29, 1.82) is 0 Å². The molecule has 0 saturated heterocycles. The van der Waals surface area contributed by atoms with Crippen LogP contribution in [0.3, 0.4) is 0 Å². The van der Waals surface area contributed by atoms with Gasteiger partial charge in [-0.15, -0.1) is 0 Å². The predicted molar refractivity (Wildman–Crippen MR) is 114 cm³/mol. The molecule has 0 aliphatic rings. The number of unbranched alkanes of at least 4 members (excludes halogenated alkanes) is 1. The SMILES string of the molecule is CCCCn1nc(C(F)(F)F)c2c(NSC)cc(-c3cc(OC)c(=O)n(C)c3)cc21. The smallest absolute Gasteiger partial charge is 0.435 e. The van der Waals surface area contributed by atoms with Crippen LogP contribution in [0.25, 0.3) is 22.0 Å². The number of anilines is 1. The summed E-state index contributed by atoms with van der Waals surface area (Å²) in [5, 5.41) is 3.94. The first kappa shape index (κ1) is 22.1. The number of aryl methyl sites for hydroxylation is 2.